The van der Waals surface area contributed by atoms with Crippen molar-refractivity contribution < 1.29 is 27.4 Å². The first kappa shape index (κ1) is 15.8. The van der Waals surface area contributed by atoms with Crippen LogP contribution in [0.25, 0.3) is 0 Å². The van der Waals surface area contributed by atoms with E-state index in [1.807, 2.05) is 0 Å². The van der Waals surface area contributed by atoms with Gasteiger partial charge < -0.3 is 10.1 Å². The maximum Gasteiger partial charge on any atom is 0.573 e. The number of nitrogens with one attached hydrogen (secondary N) is 1. The van der Waals surface area contributed by atoms with Gasteiger partial charge in [0.15, 0.2) is 6.72 Å². The molecule has 6 nitrogen and oxygen atoms in total. The fourth-order valence-electron chi connectivity index (χ4n) is 2.27. The Labute approximate surface area is 134 Å². The summed E-state index contributed by atoms with van der Waals surface area (Å²) in [5.74, 6) is -0.352. The lowest BCUT2D eigenvalue weighted by molar-refractivity contribution is -0.595. The Morgan fingerprint density at radius 2 is 2.12 bits per heavy atom. The molecule has 0 unspecified atom stereocenters. The highest BCUT2D eigenvalue weighted by Gasteiger charge is 2.34. The van der Waals surface area contributed by atoms with Gasteiger partial charge >= 0.3 is 12.4 Å². The number of urea groups is 1. The first-order chi connectivity index (χ1) is 11.3. The number of carbonyl (C=O) groups excluding carboxylic acids is 1. The number of hydrazine groups is 1. The van der Waals surface area contributed by atoms with Crippen LogP contribution in [0.5, 0.6) is 5.75 Å². The van der Waals surface area contributed by atoms with Gasteiger partial charge in [-0.3, -0.25) is 4.98 Å². The van der Waals surface area contributed by atoms with Crippen LogP contribution in [-0.2, 0) is 6.54 Å². The Balaban J connectivity index is 1.87. The lowest BCUT2D eigenvalue weighted by Gasteiger charge is -2.25. The van der Waals surface area contributed by atoms with Crippen molar-refractivity contribution in [3.05, 3.63) is 48.3 Å². The first-order valence-electron chi connectivity index (χ1n) is 6.81. The number of nitrogens with zero attached hydrogens (tertiary/aromatic N) is 3. The van der Waals surface area contributed by atoms with Crippen LogP contribution < -0.4 is 10.1 Å². The van der Waals surface area contributed by atoms with Gasteiger partial charge in [-0.2, -0.15) is 0 Å². The van der Waals surface area contributed by atoms with E-state index < -0.39 is 12.4 Å². The van der Waals surface area contributed by atoms with Gasteiger partial charge in [-0.15, -0.1) is 13.2 Å². The zero-order chi connectivity index (χ0) is 17.3. The molecule has 1 aromatic carbocycles. The van der Waals surface area contributed by atoms with E-state index in [0.29, 0.717) is 16.9 Å². The molecule has 0 saturated heterocycles. The maximum absolute atomic E-state index is 12.3. The number of anilines is 1. The lowest BCUT2D eigenvalue weighted by Crippen LogP contribution is -2.43. The molecule has 0 aliphatic carbocycles. The number of hydrogen-bond acceptors (Lipinski definition) is 3. The van der Waals surface area contributed by atoms with Crippen molar-refractivity contribution in [1.29, 1.82) is 0 Å². The number of hydrazone groups is 1. The molecule has 1 N–H and O–H groups in total. The van der Waals surface area contributed by atoms with Crippen LogP contribution in [0.2, 0.25) is 0 Å². The van der Waals surface area contributed by atoms with Gasteiger partial charge in [0.1, 0.15) is 18.5 Å². The quantitative estimate of drug-likeness (QED) is 0.691. The summed E-state index contributed by atoms with van der Waals surface area (Å²) in [5, 5.41) is 3.85. The van der Waals surface area contributed by atoms with E-state index in [4.69, 9.17) is 0 Å². The monoisotopic (exact) mass is 337 g/mol. The van der Waals surface area contributed by atoms with E-state index in [-0.39, 0.29) is 12.3 Å². The number of fused-ring (bicyclic) bond motifs is 1. The number of alkyl halides is 3. The molecule has 1 aromatic heterocycles. The molecule has 2 aromatic rings. The maximum atomic E-state index is 12.3. The molecule has 1 aliphatic heterocycles. The predicted molar refractivity (Wildman–Crippen MR) is 79.0 cm³/mol. The minimum absolute atomic E-state index is 0.0363. The Morgan fingerprint density at radius 3 is 2.79 bits per heavy atom. The number of benzene rings is 1. The SMILES string of the molecule is C=[N+](c1cccnc1)N1Cc2cc(OC(F)(F)F)ccc2NC1=O. The summed E-state index contributed by atoms with van der Waals surface area (Å²) in [7, 11) is 0. The number of amides is 2. The van der Waals surface area contributed by atoms with Crippen LogP contribution in [0.4, 0.5) is 29.3 Å². The average Bonchev–Trinajstić information content (AvgIpc) is 2.53. The number of hydrogen-bond donors (Lipinski definition) is 1. The summed E-state index contributed by atoms with van der Waals surface area (Å²) in [6, 6.07) is 6.66. The zero-order valence-corrected chi connectivity index (χ0v) is 12.2. The molecule has 0 radical (unpaired) electrons. The molecule has 9 heteroatoms. The topological polar surface area (TPSA) is 57.5 Å². The largest absolute Gasteiger partial charge is 0.573 e. The van der Waals surface area contributed by atoms with Gasteiger partial charge in [-0.25, -0.2) is 4.79 Å². The zero-order valence-electron chi connectivity index (χ0n) is 12.2. The molecule has 1 aliphatic rings. The third-order valence-electron chi connectivity index (χ3n) is 3.34. The first-order valence-corrected chi connectivity index (χ1v) is 6.81. The number of aromatic nitrogens is 1. The number of carbonyl (C=O) groups is 1. The van der Waals surface area contributed by atoms with E-state index in [2.05, 4.69) is 21.8 Å². The van der Waals surface area contributed by atoms with Crippen molar-refractivity contribution in [3.63, 3.8) is 0 Å². The average molecular weight is 337 g/mol. The molecule has 0 spiro atoms. The van der Waals surface area contributed by atoms with E-state index in [1.54, 1.807) is 18.3 Å². The smallest absolute Gasteiger partial charge is 0.406 e. The lowest BCUT2D eigenvalue weighted by atomic mass is 10.1. The van der Waals surface area contributed by atoms with Crippen LogP contribution in [0.1, 0.15) is 5.56 Å². The Kier molecular flexibility index (Phi) is 3.84. The molecule has 0 atom stereocenters. The second-order valence-electron chi connectivity index (χ2n) is 4.97. The molecule has 0 bridgehead atoms. The standard InChI is InChI=1S/C15H11F3N4O2/c1-21(11-3-2-6-19-8-11)22-9-10-7-12(24-15(16,17)18)4-5-13(10)20-14(22)23/h2-8H,1,9H2/p+1. The third-order valence-corrected chi connectivity index (χ3v) is 3.34. The van der Waals surface area contributed by atoms with E-state index >= 15 is 0 Å². The fourth-order valence-corrected chi connectivity index (χ4v) is 2.27. The van der Waals surface area contributed by atoms with Crippen LogP contribution in [0, 0.1) is 0 Å². The van der Waals surface area contributed by atoms with Crippen molar-refractivity contribution in [2.75, 3.05) is 5.32 Å². The molecule has 2 amide bonds. The summed E-state index contributed by atoms with van der Waals surface area (Å²) >= 11 is 0. The van der Waals surface area contributed by atoms with Crippen molar-refractivity contribution in [1.82, 2.24) is 9.99 Å². The van der Waals surface area contributed by atoms with Crippen LogP contribution in [0.3, 0.4) is 0 Å². The number of ether oxygens (including phenoxy) is 1. The van der Waals surface area contributed by atoms with Gasteiger partial charge in [0, 0.05) is 23.5 Å². The van der Waals surface area contributed by atoms with Crippen LogP contribution in [-0.4, -0.2) is 33.8 Å². The second kappa shape index (κ2) is 5.84. The molecule has 124 valence electrons. The number of rotatable bonds is 3. The summed E-state index contributed by atoms with van der Waals surface area (Å²) in [6.07, 6.45) is -1.69. The third kappa shape index (κ3) is 3.29. The van der Waals surface area contributed by atoms with Crippen molar-refractivity contribution >= 4 is 24.1 Å². The normalized spacial score (nSPS) is 14.0. The fraction of sp³-hybridized carbons (Fsp3) is 0.133. The molecular weight excluding hydrogens is 325 g/mol. The van der Waals surface area contributed by atoms with Crippen molar-refractivity contribution in [2.45, 2.75) is 12.9 Å². The van der Waals surface area contributed by atoms with Gasteiger partial charge in [0.2, 0.25) is 0 Å². The molecule has 24 heavy (non-hydrogen) atoms. The second-order valence-corrected chi connectivity index (χ2v) is 4.97. The van der Waals surface area contributed by atoms with E-state index in [9.17, 15) is 18.0 Å². The van der Waals surface area contributed by atoms with E-state index in [1.165, 1.54) is 28.0 Å². The van der Waals surface area contributed by atoms with Gasteiger partial charge in [-0.05, 0) is 24.3 Å². The molecule has 0 fully saturated rings. The minimum Gasteiger partial charge on any atom is -0.406 e. The predicted octanol–water partition coefficient (Wildman–Crippen LogP) is 3.29. The molecule has 0 saturated carbocycles. The molecule has 2 heterocycles. The van der Waals surface area contributed by atoms with E-state index in [0.717, 1.165) is 6.07 Å². The molecular formula is C15H12F3N4O2+. The highest BCUT2D eigenvalue weighted by Crippen LogP contribution is 2.31. The minimum atomic E-state index is -4.78. The summed E-state index contributed by atoms with van der Waals surface area (Å²) < 4.78 is 42.2. The number of pyridine rings is 1. The van der Waals surface area contributed by atoms with Gasteiger partial charge in [-0.1, -0.05) is 9.69 Å². The van der Waals surface area contributed by atoms with Crippen molar-refractivity contribution in [2.24, 2.45) is 0 Å². The number of halogens is 3. The molecule has 3 rings (SSSR count). The summed E-state index contributed by atoms with van der Waals surface area (Å²) in [5.41, 5.74) is 1.44. The van der Waals surface area contributed by atoms with Gasteiger partial charge in [0.05, 0.1) is 0 Å². The Bertz CT molecular complexity index is 793. The summed E-state index contributed by atoms with van der Waals surface area (Å²) in [6.45, 7) is 3.82. The van der Waals surface area contributed by atoms with Crippen LogP contribution >= 0.6 is 0 Å². The summed E-state index contributed by atoms with van der Waals surface area (Å²) in [4.78, 5) is 16.1. The van der Waals surface area contributed by atoms with Gasteiger partial charge in [0.25, 0.3) is 5.69 Å². The Morgan fingerprint density at radius 1 is 1.33 bits per heavy atom. The van der Waals surface area contributed by atoms with Crippen molar-refractivity contribution in [3.8, 4) is 5.75 Å². The van der Waals surface area contributed by atoms with Crippen LogP contribution in [0.15, 0.2) is 42.7 Å². The Hall–Kier alpha value is -3.10. The highest BCUT2D eigenvalue weighted by atomic mass is 19.4. The highest BCUT2D eigenvalue weighted by molar-refractivity contribution is 5.91.